The van der Waals surface area contributed by atoms with Crippen LogP contribution in [0.1, 0.15) is 17.3 Å². The van der Waals surface area contributed by atoms with Crippen molar-refractivity contribution in [2.75, 3.05) is 13.1 Å². The topological polar surface area (TPSA) is 49.4 Å². The zero-order chi connectivity index (χ0) is 14.2. The number of hydrogen-bond acceptors (Lipinski definition) is 2. The highest BCUT2D eigenvalue weighted by molar-refractivity contribution is 5.98. The van der Waals surface area contributed by atoms with Gasteiger partial charge in [-0.25, -0.2) is 13.2 Å². The largest absolute Gasteiger partial charge is 0.353 e. The highest BCUT2D eigenvalue weighted by atomic mass is 19.2. The van der Waals surface area contributed by atoms with Crippen LogP contribution in [0.4, 0.5) is 13.2 Å². The van der Waals surface area contributed by atoms with Gasteiger partial charge in [0.25, 0.3) is 5.91 Å². The van der Waals surface area contributed by atoms with E-state index in [0.29, 0.717) is 6.07 Å². The molecule has 2 amide bonds. The number of nitrogens with zero attached hydrogens (tertiary/aromatic N) is 1. The Labute approximate surface area is 107 Å². The highest BCUT2D eigenvalue weighted by Gasteiger charge is 2.32. The predicted molar refractivity (Wildman–Crippen MR) is 59.8 cm³/mol. The molecule has 0 aliphatic carbocycles. The molecule has 1 atom stereocenters. The Morgan fingerprint density at radius 3 is 2.68 bits per heavy atom. The van der Waals surface area contributed by atoms with Gasteiger partial charge in [-0.1, -0.05) is 0 Å². The molecule has 0 aromatic heterocycles. The predicted octanol–water partition coefficient (Wildman–Crippen LogP) is 1.06. The molecule has 1 aromatic carbocycles. The molecular weight excluding hydrogens is 261 g/mol. The van der Waals surface area contributed by atoms with Crippen LogP contribution < -0.4 is 5.32 Å². The Kier molecular flexibility index (Phi) is 3.46. The van der Waals surface area contributed by atoms with Gasteiger partial charge in [0.15, 0.2) is 17.5 Å². The normalized spacial score (nSPS) is 19.3. The van der Waals surface area contributed by atoms with Crippen molar-refractivity contribution in [3.8, 4) is 0 Å². The lowest BCUT2D eigenvalue weighted by atomic mass is 10.1. The van der Waals surface area contributed by atoms with Gasteiger partial charge in [-0.2, -0.15) is 0 Å². The highest BCUT2D eigenvalue weighted by Crippen LogP contribution is 2.18. The second-order valence-corrected chi connectivity index (χ2v) is 4.19. The van der Waals surface area contributed by atoms with Gasteiger partial charge in [-0.05, 0) is 19.1 Å². The maximum atomic E-state index is 13.5. The van der Waals surface area contributed by atoms with E-state index in [1.807, 2.05) is 0 Å². The first-order chi connectivity index (χ1) is 8.93. The van der Waals surface area contributed by atoms with Crippen LogP contribution in [0.3, 0.4) is 0 Å². The zero-order valence-corrected chi connectivity index (χ0v) is 10.0. The van der Waals surface area contributed by atoms with E-state index < -0.39 is 35.0 Å². The molecule has 1 unspecified atom stereocenters. The van der Waals surface area contributed by atoms with E-state index >= 15 is 0 Å². The minimum absolute atomic E-state index is 0.185. The first kappa shape index (κ1) is 13.4. The summed E-state index contributed by atoms with van der Waals surface area (Å²) in [6, 6.07) is 0.768. The Hall–Kier alpha value is -2.05. The molecular formula is C12H11F3N2O2. The van der Waals surface area contributed by atoms with E-state index in [9.17, 15) is 22.8 Å². The summed E-state index contributed by atoms with van der Waals surface area (Å²) in [6.07, 6.45) is 0. The third-order valence-corrected chi connectivity index (χ3v) is 3.03. The van der Waals surface area contributed by atoms with Crippen LogP contribution in [0.15, 0.2) is 12.1 Å². The number of carbonyl (C=O) groups excluding carboxylic acids is 2. The maximum absolute atomic E-state index is 13.5. The number of piperazine rings is 1. The van der Waals surface area contributed by atoms with Crippen LogP contribution in [0, 0.1) is 17.5 Å². The van der Waals surface area contributed by atoms with Crippen LogP contribution in [-0.4, -0.2) is 35.8 Å². The Morgan fingerprint density at radius 1 is 1.32 bits per heavy atom. The summed E-state index contributed by atoms with van der Waals surface area (Å²) in [7, 11) is 0. The van der Waals surface area contributed by atoms with Gasteiger partial charge in [0, 0.05) is 13.1 Å². The quantitative estimate of drug-likeness (QED) is 0.777. The standard InChI is InChI=1S/C12H11F3N2O2/c1-6-11(18)16-4-5-17(6)12(19)7-2-3-8(13)10(15)9(7)14/h2-3,6H,4-5H2,1H3,(H,16,18). The fraction of sp³-hybridized carbons (Fsp3) is 0.333. The Balaban J connectivity index is 2.34. The molecule has 1 aromatic rings. The van der Waals surface area contributed by atoms with Crippen molar-refractivity contribution in [2.24, 2.45) is 0 Å². The summed E-state index contributed by atoms with van der Waals surface area (Å²) in [5.74, 6) is -5.80. The average molecular weight is 272 g/mol. The number of rotatable bonds is 1. The van der Waals surface area contributed by atoms with Gasteiger partial charge < -0.3 is 10.2 Å². The molecule has 1 aliphatic rings. The lowest BCUT2D eigenvalue weighted by Gasteiger charge is -2.32. The molecule has 19 heavy (non-hydrogen) atoms. The third-order valence-electron chi connectivity index (χ3n) is 3.03. The molecule has 0 spiro atoms. The van der Waals surface area contributed by atoms with Crippen LogP contribution in [0.25, 0.3) is 0 Å². The molecule has 1 fully saturated rings. The van der Waals surface area contributed by atoms with Gasteiger partial charge in [-0.3, -0.25) is 9.59 Å². The maximum Gasteiger partial charge on any atom is 0.257 e. The zero-order valence-electron chi connectivity index (χ0n) is 10.0. The minimum Gasteiger partial charge on any atom is -0.353 e. The van der Waals surface area contributed by atoms with Crippen molar-refractivity contribution in [3.63, 3.8) is 0 Å². The summed E-state index contributed by atoms with van der Waals surface area (Å²) in [5.41, 5.74) is -0.583. The fourth-order valence-corrected chi connectivity index (χ4v) is 1.91. The molecule has 4 nitrogen and oxygen atoms in total. The molecule has 102 valence electrons. The van der Waals surface area contributed by atoms with Gasteiger partial charge >= 0.3 is 0 Å². The second kappa shape index (κ2) is 4.91. The SMILES string of the molecule is CC1C(=O)NCCN1C(=O)c1ccc(F)c(F)c1F. The fourth-order valence-electron chi connectivity index (χ4n) is 1.91. The molecule has 7 heteroatoms. The molecule has 0 saturated carbocycles. The summed E-state index contributed by atoms with van der Waals surface area (Å²) < 4.78 is 39.4. The van der Waals surface area contributed by atoms with Gasteiger partial charge in [0.05, 0.1) is 5.56 Å². The van der Waals surface area contributed by atoms with Crippen molar-refractivity contribution in [1.82, 2.24) is 10.2 Å². The molecule has 1 saturated heterocycles. The van der Waals surface area contributed by atoms with E-state index in [2.05, 4.69) is 5.32 Å². The number of halogens is 3. The van der Waals surface area contributed by atoms with Gasteiger partial charge in [-0.15, -0.1) is 0 Å². The third kappa shape index (κ3) is 2.27. The van der Waals surface area contributed by atoms with Crippen LogP contribution in [0.2, 0.25) is 0 Å². The monoisotopic (exact) mass is 272 g/mol. The van der Waals surface area contributed by atoms with Crippen molar-refractivity contribution < 1.29 is 22.8 Å². The first-order valence-corrected chi connectivity index (χ1v) is 5.65. The number of hydrogen-bond donors (Lipinski definition) is 1. The van der Waals surface area contributed by atoms with E-state index in [4.69, 9.17) is 0 Å². The number of benzene rings is 1. The summed E-state index contributed by atoms with van der Waals surface area (Å²) in [4.78, 5) is 24.6. The Morgan fingerprint density at radius 2 is 2.00 bits per heavy atom. The minimum atomic E-state index is -1.69. The van der Waals surface area contributed by atoms with Crippen molar-refractivity contribution in [2.45, 2.75) is 13.0 Å². The van der Waals surface area contributed by atoms with Crippen molar-refractivity contribution in [1.29, 1.82) is 0 Å². The van der Waals surface area contributed by atoms with E-state index in [1.165, 1.54) is 6.92 Å². The van der Waals surface area contributed by atoms with E-state index in [0.717, 1.165) is 11.0 Å². The lowest BCUT2D eigenvalue weighted by molar-refractivity contribution is -0.127. The molecule has 1 heterocycles. The molecule has 0 bridgehead atoms. The van der Waals surface area contributed by atoms with Crippen LogP contribution in [-0.2, 0) is 4.79 Å². The van der Waals surface area contributed by atoms with Gasteiger partial charge in [0.2, 0.25) is 5.91 Å². The summed E-state index contributed by atoms with van der Waals surface area (Å²) >= 11 is 0. The second-order valence-electron chi connectivity index (χ2n) is 4.19. The molecule has 1 aliphatic heterocycles. The molecule has 0 radical (unpaired) electrons. The van der Waals surface area contributed by atoms with Crippen molar-refractivity contribution >= 4 is 11.8 Å². The van der Waals surface area contributed by atoms with E-state index in [-0.39, 0.29) is 19.0 Å². The molecule has 1 N–H and O–H groups in total. The van der Waals surface area contributed by atoms with Crippen LogP contribution in [0.5, 0.6) is 0 Å². The number of amides is 2. The average Bonchev–Trinajstić information content (AvgIpc) is 2.39. The lowest BCUT2D eigenvalue weighted by Crippen LogP contribution is -2.56. The summed E-state index contributed by atoms with van der Waals surface area (Å²) in [5, 5.41) is 2.54. The smallest absolute Gasteiger partial charge is 0.257 e. The molecule has 2 rings (SSSR count). The Bertz CT molecular complexity index is 548. The number of nitrogens with one attached hydrogen (secondary N) is 1. The van der Waals surface area contributed by atoms with Crippen molar-refractivity contribution in [3.05, 3.63) is 35.1 Å². The number of carbonyl (C=O) groups is 2. The van der Waals surface area contributed by atoms with Crippen LogP contribution >= 0.6 is 0 Å². The van der Waals surface area contributed by atoms with E-state index in [1.54, 1.807) is 0 Å². The van der Waals surface area contributed by atoms with Gasteiger partial charge in [0.1, 0.15) is 6.04 Å². The summed E-state index contributed by atoms with van der Waals surface area (Å²) in [6.45, 7) is 1.90. The first-order valence-electron chi connectivity index (χ1n) is 5.65.